The SMILES string of the molecule is CC(C)(CCN)CNCc1cccc(Br)c1. The van der Waals surface area contributed by atoms with E-state index in [1.165, 1.54) is 5.56 Å². The van der Waals surface area contributed by atoms with Gasteiger partial charge in [-0.2, -0.15) is 0 Å². The van der Waals surface area contributed by atoms with Crippen molar-refractivity contribution in [2.45, 2.75) is 26.8 Å². The first-order chi connectivity index (χ1) is 7.53. The van der Waals surface area contributed by atoms with Gasteiger partial charge in [0.15, 0.2) is 0 Å². The number of nitrogens with two attached hydrogens (primary N) is 1. The molecule has 3 heteroatoms. The molecule has 0 saturated heterocycles. The highest BCUT2D eigenvalue weighted by Gasteiger charge is 2.15. The van der Waals surface area contributed by atoms with Crippen molar-refractivity contribution in [2.75, 3.05) is 13.1 Å². The van der Waals surface area contributed by atoms with Gasteiger partial charge in [-0.25, -0.2) is 0 Å². The van der Waals surface area contributed by atoms with Crippen LogP contribution in [-0.2, 0) is 6.54 Å². The molecule has 0 fully saturated rings. The summed E-state index contributed by atoms with van der Waals surface area (Å²) in [5.74, 6) is 0. The fraction of sp³-hybridized carbons (Fsp3) is 0.538. The highest BCUT2D eigenvalue weighted by Crippen LogP contribution is 2.18. The Morgan fingerprint density at radius 3 is 2.75 bits per heavy atom. The second-order valence-corrected chi connectivity index (χ2v) is 5.85. The Labute approximate surface area is 107 Å². The van der Waals surface area contributed by atoms with Crippen LogP contribution in [0.1, 0.15) is 25.8 Å². The standard InChI is InChI=1S/C13H21BrN2/c1-13(2,6-7-15)10-16-9-11-4-3-5-12(14)8-11/h3-5,8,16H,6-7,9-10,15H2,1-2H3. The molecule has 0 aromatic heterocycles. The van der Waals surface area contributed by atoms with Crippen molar-refractivity contribution in [2.24, 2.45) is 11.1 Å². The zero-order valence-electron chi connectivity index (χ0n) is 10.1. The molecular formula is C13H21BrN2. The van der Waals surface area contributed by atoms with E-state index in [-0.39, 0.29) is 5.41 Å². The zero-order chi connectivity index (χ0) is 12.0. The average molecular weight is 285 g/mol. The van der Waals surface area contributed by atoms with E-state index in [9.17, 15) is 0 Å². The topological polar surface area (TPSA) is 38.0 Å². The van der Waals surface area contributed by atoms with Crippen LogP contribution >= 0.6 is 15.9 Å². The van der Waals surface area contributed by atoms with Crippen LogP contribution < -0.4 is 11.1 Å². The summed E-state index contributed by atoms with van der Waals surface area (Å²) >= 11 is 3.47. The van der Waals surface area contributed by atoms with Crippen molar-refractivity contribution in [3.05, 3.63) is 34.3 Å². The van der Waals surface area contributed by atoms with Gasteiger partial charge >= 0.3 is 0 Å². The molecule has 1 aromatic rings. The first-order valence-corrected chi connectivity index (χ1v) is 6.48. The molecule has 0 aliphatic rings. The molecule has 0 atom stereocenters. The van der Waals surface area contributed by atoms with Crippen LogP contribution in [0.3, 0.4) is 0 Å². The second kappa shape index (κ2) is 6.38. The minimum absolute atomic E-state index is 0.279. The van der Waals surface area contributed by atoms with Crippen molar-refractivity contribution in [3.63, 3.8) is 0 Å². The Hall–Kier alpha value is -0.380. The van der Waals surface area contributed by atoms with Crippen LogP contribution in [0.5, 0.6) is 0 Å². The van der Waals surface area contributed by atoms with E-state index in [1.54, 1.807) is 0 Å². The summed E-state index contributed by atoms with van der Waals surface area (Å²) in [5, 5.41) is 3.48. The summed E-state index contributed by atoms with van der Waals surface area (Å²) < 4.78 is 1.13. The van der Waals surface area contributed by atoms with Crippen LogP contribution in [-0.4, -0.2) is 13.1 Å². The number of halogens is 1. The van der Waals surface area contributed by atoms with E-state index in [1.807, 2.05) is 6.07 Å². The van der Waals surface area contributed by atoms with E-state index in [4.69, 9.17) is 5.73 Å². The van der Waals surface area contributed by atoms with Crippen LogP contribution in [0, 0.1) is 5.41 Å². The lowest BCUT2D eigenvalue weighted by molar-refractivity contribution is 0.319. The molecule has 1 aromatic carbocycles. The van der Waals surface area contributed by atoms with E-state index in [2.05, 4.69) is 53.3 Å². The van der Waals surface area contributed by atoms with E-state index in [0.29, 0.717) is 0 Å². The van der Waals surface area contributed by atoms with E-state index in [0.717, 1.165) is 30.5 Å². The summed E-state index contributed by atoms with van der Waals surface area (Å²) in [6, 6.07) is 8.38. The van der Waals surface area contributed by atoms with Gasteiger partial charge in [0.1, 0.15) is 0 Å². The maximum absolute atomic E-state index is 5.58. The Bertz CT molecular complexity index is 323. The number of hydrogen-bond donors (Lipinski definition) is 2. The summed E-state index contributed by atoms with van der Waals surface area (Å²) in [4.78, 5) is 0. The molecule has 0 spiro atoms. The quantitative estimate of drug-likeness (QED) is 0.843. The Kier molecular flexibility index (Phi) is 5.46. The smallest absolute Gasteiger partial charge is 0.0206 e. The summed E-state index contributed by atoms with van der Waals surface area (Å²) in [6.07, 6.45) is 1.05. The van der Waals surface area contributed by atoms with Crippen molar-refractivity contribution in [1.29, 1.82) is 0 Å². The fourth-order valence-electron chi connectivity index (χ4n) is 1.67. The maximum atomic E-state index is 5.58. The second-order valence-electron chi connectivity index (χ2n) is 4.94. The number of hydrogen-bond acceptors (Lipinski definition) is 2. The Morgan fingerprint density at radius 1 is 1.38 bits per heavy atom. The molecule has 0 aliphatic carbocycles. The normalized spacial score (nSPS) is 11.8. The highest BCUT2D eigenvalue weighted by atomic mass is 79.9. The third-order valence-corrected chi connectivity index (χ3v) is 3.14. The average Bonchev–Trinajstić information content (AvgIpc) is 2.17. The molecule has 0 bridgehead atoms. The first kappa shape index (κ1) is 13.7. The lowest BCUT2D eigenvalue weighted by Gasteiger charge is -2.24. The Morgan fingerprint density at radius 2 is 2.12 bits per heavy atom. The van der Waals surface area contributed by atoms with Gasteiger partial charge in [-0.1, -0.05) is 41.9 Å². The summed E-state index contributed by atoms with van der Waals surface area (Å²) in [7, 11) is 0. The summed E-state index contributed by atoms with van der Waals surface area (Å²) in [6.45, 7) is 7.15. The van der Waals surface area contributed by atoms with Crippen molar-refractivity contribution in [3.8, 4) is 0 Å². The fourth-order valence-corrected chi connectivity index (χ4v) is 2.12. The van der Waals surface area contributed by atoms with E-state index >= 15 is 0 Å². The lowest BCUT2D eigenvalue weighted by Crippen LogP contribution is -2.30. The van der Waals surface area contributed by atoms with Gasteiger partial charge < -0.3 is 11.1 Å². The largest absolute Gasteiger partial charge is 0.330 e. The van der Waals surface area contributed by atoms with Crippen molar-refractivity contribution >= 4 is 15.9 Å². The van der Waals surface area contributed by atoms with Gasteiger partial charge in [0.2, 0.25) is 0 Å². The predicted molar refractivity (Wildman–Crippen MR) is 73.3 cm³/mol. The molecule has 1 rings (SSSR count). The van der Waals surface area contributed by atoms with Crippen LogP contribution in [0.4, 0.5) is 0 Å². The molecule has 0 unspecified atom stereocenters. The molecular weight excluding hydrogens is 264 g/mol. The molecule has 0 heterocycles. The summed E-state index contributed by atoms with van der Waals surface area (Å²) in [5.41, 5.74) is 7.17. The minimum atomic E-state index is 0.279. The van der Waals surface area contributed by atoms with Gasteiger partial charge in [0.05, 0.1) is 0 Å². The third-order valence-electron chi connectivity index (χ3n) is 2.64. The van der Waals surface area contributed by atoms with Gasteiger partial charge in [-0.3, -0.25) is 0 Å². The molecule has 3 N–H and O–H groups in total. The van der Waals surface area contributed by atoms with Crippen LogP contribution in [0.15, 0.2) is 28.7 Å². The molecule has 0 aliphatic heterocycles. The van der Waals surface area contributed by atoms with Gasteiger partial charge in [0, 0.05) is 17.6 Å². The van der Waals surface area contributed by atoms with Gasteiger partial charge in [-0.05, 0) is 36.1 Å². The molecule has 0 amide bonds. The third kappa shape index (κ3) is 5.10. The number of rotatable bonds is 6. The number of nitrogens with one attached hydrogen (secondary N) is 1. The molecule has 90 valence electrons. The molecule has 2 nitrogen and oxygen atoms in total. The molecule has 16 heavy (non-hydrogen) atoms. The van der Waals surface area contributed by atoms with Gasteiger partial charge in [0.25, 0.3) is 0 Å². The van der Waals surface area contributed by atoms with Crippen molar-refractivity contribution < 1.29 is 0 Å². The zero-order valence-corrected chi connectivity index (χ0v) is 11.7. The van der Waals surface area contributed by atoms with Gasteiger partial charge in [-0.15, -0.1) is 0 Å². The highest BCUT2D eigenvalue weighted by molar-refractivity contribution is 9.10. The lowest BCUT2D eigenvalue weighted by atomic mass is 9.89. The van der Waals surface area contributed by atoms with Crippen LogP contribution in [0.25, 0.3) is 0 Å². The van der Waals surface area contributed by atoms with E-state index < -0.39 is 0 Å². The van der Waals surface area contributed by atoms with Crippen LogP contribution in [0.2, 0.25) is 0 Å². The monoisotopic (exact) mass is 284 g/mol. The first-order valence-electron chi connectivity index (χ1n) is 5.69. The molecule has 0 saturated carbocycles. The minimum Gasteiger partial charge on any atom is -0.330 e. The van der Waals surface area contributed by atoms with Crippen molar-refractivity contribution in [1.82, 2.24) is 5.32 Å². The number of benzene rings is 1. The maximum Gasteiger partial charge on any atom is 0.0206 e. The molecule has 0 radical (unpaired) electrons. The Balaban J connectivity index is 2.35. The predicted octanol–water partition coefficient (Wildman–Crippen LogP) is 2.91.